The van der Waals surface area contributed by atoms with Crippen molar-refractivity contribution in [3.63, 3.8) is 0 Å². The van der Waals surface area contributed by atoms with E-state index in [-0.39, 0.29) is 11.9 Å². The zero-order chi connectivity index (χ0) is 13.8. The molecule has 2 rings (SSSR count). The minimum absolute atomic E-state index is 0.0532. The van der Waals surface area contributed by atoms with Crippen LogP contribution in [-0.2, 0) is 0 Å². The summed E-state index contributed by atoms with van der Waals surface area (Å²) in [6.07, 6.45) is 4.78. The van der Waals surface area contributed by atoms with E-state index in [0.29, 0.717) is 22.8 Å². The molecule has 1 aromatic carbocycles. The normalized spacial score (nSPS) is 15.3. The van der Waals surface area contributed by atoms with Crippen LogP contribution in [0, 0.1) is 0 Å². The summed E-state index contributed by atoms with van der Waals surface area (Å²) in [6.45, 7) is 1.51. The van der Waals surface area contributed by atoms with Gasteiger partial charge in [-0.2, -0.15) is 0 Å². The molecule has 1 aliphatic carbocycles. The summed E-state index contributed by atoms with van der Waals surface area (Å²) in [5, 5.41) is 0. The Morgan fingerprint density at radius 3 is 2.21 bits per heavy atom. The maximum Gasteiger partial charge on any atom is 0.165 e. The predicted octanol–water partition coefficient (Wildman–Crippen LogP) is 3.23. The van der Waals surface area contributed by atoms with Gasteiger partial charge in [-0.25, -0.2) is 0 Å². The van der Waals surface area contributed by atoms with Gasteiger partial charge in [0.25, 0.3) is 0 Å². The number of hydrogen-bond acceptors (Lipinski definition) is 4. The number of ether oxygens (including phenoxy) is 3. The van der Waals surface area contributed by atoms with Crippen molar-refractivity contribution in [3.8, 4) is 17.2 Å². The van der Waals surface area contributed by atoms with Gasteiger partial charge in [0.1, 0.15) is 5.75 Å². The van der Waals surface area contributed by atoms with Gasteiger partial charge in [-0.05, 0) is 38.7 Å². The highest BCUT2D eigenvalue weighted by atomic mass is 16.5. The lowest BCUT2D eigenvalue weighted by Crippen LogP contribution is -2.12. The van der Waals surface area contributed by atoms with Crippen molar-refractivity contribution in [2.24, 2.45) is 0 Å². The Morgan fingerprint density at radius 2 is 1.68 bits per heavy atom. The van der Waals surface area contributed by atoms with Crippen molar-refractivity contribution in [1.82, 2.24) is 0 Å². The van der Waals surface area contributed by atoms with Gasteiger partial charge in [-0.3, -0.25) is 4.79 Å². The monoisotopic (exact) mass is 264 g/mol. The highest BCUT2D eigenvalue weighted by Crippen LogP contribution is 2.37. The van der Waals surface area contributed by atoms with E-state index in [0.717, 1.165) is 12.8 Å². The number of methoxy groups -OCH3 is 2. The molecule has 0 heterocycles. The van der Waals surface area contributed by atoms with Crippen LogP contribution >= 0.6 is 0 Å². The molecule has 0 atom stereocenters. The van der Waals surface area contributed by atoms with Gasteiger partial charge in [0.05, 0.1) is 25.9 Å². The summed E-state index contributed by atoms with van der Waals surface area (Å²) < 4.78 is 16.5. The lowest BCUT2D eigenvalue weighted by Gasteiger charge is -2.18. The van der Waals surface area contributed by atoms with E-state index in [1.165, 1.54) is 19.8 Å². The highest BCUT2D eigenvalue weighted by Gasteiger charge is 2.21. The van der Waals surface area contributed by atoms with E-state index < -0.39 is 0 Å². The van der Waals surface area contributed by atoms with Gasteiger partial charge in [-0.1, -0.05) is 0 Å². The molecule has 0 radical (unpaired) electrons. The minimum atomic E-state index is -0.0532. The number of hydrogen-bond donors (Lipinski definition) is 0. The summed E-state index contributed by atoms with van der Waals surface area (Å²) in [5.41, 5.74) is 0.512. The van der Waals surface area contributed by atoms with Crippen molar-refractivity contribution >= 4 is 5.78 Å². The lowest BCUT2D eigenvalue weighted by molar-refractivity contribution is 0.101. The largest absolute Gasteiger partial charge is 0.496 e. The first kappa shape index (κ1) is 13.7. The van der Waals surface area contributed by atoms with E-state index in [9.17, 15) is 4.79 Å². The number of carbonyl (C=O) groups is 1. The van der Waals surface area contributed by atoms with Crippen LogP contribution in [0.1, 0.15) is 43.0 Å². The third kappa shape index (κ3) is 3.00. The van der Waals surface area contributed by atoms with Gasteiger partial charge in [0.2, 0.25) is 0 Å². The van der Waals surface area contributed by atoms with Crippen molar-refractivity contribution in [3.05, 3.63) is 17.7 Å². The fraction of sp³-hybridized carbons (Fsp3) is 0.533. The Morgan fingerprint density at radius 1 is 1.05 bits per heavy atom. The van der Waals surface area contributed by atoms with Crippen LogP contribution in [0.5, 0.6) is 17.2 Å². The second kappa shape index (κ2) is 5.95. The highest BCUT2D eigenvalue weighted by molar-refractivity contribution is 5.97. The van der Waals surface area contributed by atoms with Gasteiger partial charge < -0.3 is 14.2 Å². The van der Waals surface area contributed by atoms with Crippen molar-refractivity contribution < 1.29 is 19.0 Å². The van der Waals surface area contributed by atoms with Gasteiger partial charge in [-0.15, -0.1) is 0 Å². The molecule has 0 aromatic heterocycles. The van der Waals surface area contributed by atoms with Crippen molar-refractivity contribution in [1.29, 1.82) is 0 Å². The summed E-state index contributed by atoms with van der Waals surface area (Å²) in [6, 6.07) is 3.43. The summed E-state index contributed by atoms with van der Waals surface area (Å²) >= 11 is 0. The van der Waals surface area contributed by atoms with Gasteiger partial charge in [0, 0.05) is 6.07 Å². The fourth-order valence-corrected chi connectivity index (χ4v) is 2.42. The van der Waals surface area contributed by atoms with E-state index in [1.54, 1.807) is 26.4 Å². The van der Waals surface area contributed by atoms with Crippen LogP contribution in [0.15, 0.2) is 12.1 Å². The van der Waals surface area contributed by atoms with Crippen LogP contribution in [0.3, 0.4) is 0 Å². The molecular formula is C15H20O4. The maximum atomic E-state index is 11.6. The van der Waals surface area contributed by atoms with Gasteiger partial charge >= 0.3 is 0 Å². The van der Waals surface area contributed by atoms with E-state index in [4.69, 9.17) is 14.2 Å². The molecule has 0 N–H and O–H groups in total. The molecule has 4 nitrogen and oxygen atoms in total. The maximum absolute atomic E-state index is 11.6. The zero-order valence-electron chi connectivity index (χ0n) is 11.7. The molecular weight excluding hydrogens is 244 g/mol. The number of benzene rings is 1. The summed E-state index contributed by atoms with van der Waals surface area (Å²) in [5.74, 6) is 1.71. The second-order valence-corrected chi connectivity index (χ2v) is 4.78. The van der Waals surface area contributed by atoms with Crippen LogP contribution in [0.25, 0.3) is 0 Å². The Bertz CT molecular complexity index is 461. The molecule has 0 spiro atoms. The topological polar surface area (TPSA) is 44.8 Å². The van der Waals surface area contributed by atoms with Crippen molar-refractivity contribution in [2.45, 2.75) is 38.7 Å². The Balaban J connectivity index is 2.33. The van der Waals surface area contributed by atoms with E-state index >= 15 is 0 Å². The quantitative estimate of drug-likeness (QED) is 0.766. The average molecular weight is 264 g/mol. The number of rotatable bonds is 5. The first-order chi connectivity index (χ1) is 9.15. The number of ketones is 1. The van der Waals surface area contributed by atoms with Crippen LogP contribution in [0.4, 0.5) is 0 Å². The summed E-state index contributed by atoms with van der Waals surface area (Å²) in [4.78, 5) is 11.6. The summed E-state index contributed by atoms with van der Waals surface area (Å²) in [7, 11) is 3.13. The molecule has 0 saturated heterocycles. The Kier molecular flexibility index (Phi) is 4.30. The smallest absolute Gasteiger partial charge is 0.165 e. The molecule has 0 aliphatic heterocycles. The molecule has 0 amide bonds. The van der Waals surface area contributed by atoms with E-state index in [2.05, 4.69) is 0 Å². The Labute approximate surface area is 113 Å². The van der Waals surface area contributed by atoms with E-state index in [1.807, 2.05) is 0 Å². The van der Waals surface area contributed by atoms with Crippen LogP contribution < -0.4 is 14.2 Å². The predicted molar refractivity (Wildman–Crippen MR) is 72.4 cm³/mol. The van der Waals surface area contributed by atoms with Crippen molar-refractivity contribution in [2.75, 3.05) is 14.2 Å². The second-order valence-electron chi connectivity index (χ2n) is 4.78. The molecule has 1 fully saturated rings. The molecule has 1 saturated carbocycles. The first-order valence-corrected chi connectivity index (χ1v) is 6.59. The first-order valence-electron chi connectivity index (χ1n) is 6.59. The zero-order valence-corrected chi connectivity index (χ0v) is 11.7. The molecule has 0 unspecified atom stereocenters. The SMILES string of the molecule is COc1cc(C(C)=O)c(OC)cc1OC1CCCC1. The third-order valence-electron chi connectivity index (χ3n) is 3.46. The third-order valence-corrected chi connectivity index (χ3v) is 3.46. The molecule has 1 aromatic rings. The van der Waals surface area contributed by atoms with Gasteiger partial charge in [0.15, 0.2) is 17.3 Å². The molecule has 1 aliphatic rings. The average Bonchev–Trinajstić information content (AvgIpc) is 2.90. The molecule has 104 valence electrons. The van der Waals surface area contributed by atoms with Crippen LogP contribution in [0.2, 0.25) is 0 Å². The van der Waals surface area contributed by atoms with Crippen LogP contribution in [-0.4, -0.2) is 26.1 Å². The minimum Gasteiger partial charge on any atom is -0.496 e. The fourth-order valence-electron chi connectivity index (χ4n) is 2.42. The standard InChI is InChI=1S/C15H20O4/c1-10(16)12-8-14(18-3)15(9-13(12)17-2)19-11-6-4-5-7-11/h8-9,11H,4-7H2,1-3H3. The molecule has 19 heavy (non-hydrogen) atoms. The number of Topliss-reactive ketones (excluding diaryl/α,β-unsaturated/α-hetero) is 1. The molecule has 0 bridgehead atoms. The Hall–Kier alpha value is -1.71. The number of carbonyl (C=O) groups excluding carboxylic acids is 1. The lowest BCUT2D eigenvalue weighted by atomic mass is 10.1. The molecule has 4 heteroatoms.